The van der Waals surface area contributed by atoms with Crippen molar-refractivity contribution in [3.05, 3.63) is 65.3 Å². The molecule has 27 heavy (non-hydrogen) atoms. The highest BCUT2D eigenvalue weighted by Gasteiger charge is 2.12. The Morgan fingerprint density at radius 3 is 2.52 bits per heavy atom. The molecule has 0 bridgehead atoms. The average molecular weight is 385 g/mol. The van der Waals surface area contributed by atoms with Gasteiger partial charge in [0.15, 0.2) is 11.5 Å². The number of methoxy groups -OCH3 is 2. The van der Waals surface area contributed by atoms with Crippen LogP contribution < -0.4 is 20.1 Å². The van der Waals surface area contributed by atoms with Crippen molar-refractivity contribution in [2.75, 3.05) is 24.9 Å². The average Bonchev–Trinajstić information content (AvgIpc) is 2.69. The van der Waals surface area contributed by atoms with E-state index >= 15 is 0 Å². The molecule has 0 fully saturated rings. The molecule has 138 valence electrons. The molecule has 0 atom stereocenters. The minimum atomic E-state index is -0.403. The number of ether oxygens (including phenoxy) is 2. The van der Waals surface area contributed by atoms with Crippen LogP contribution in [-0.2, 0) is 0 Å². The Morgan fingerprint density at radius 2 is 1.85 bits per heavy atom. The summed E-state index contributed by atoms with van der Waals surface area (Å²) in [5.74, 6) is 1.20. The van der Waals surface area contributed by atoms with E-state index in [0.717, 1.165) is 5.69 Å². The van der Waals surface area contributed by atoms with E-state index in [4.69, 9.17) is 21.1 Å². The molecule has 0 aliphatic heterocycles. The molecule has 2 aromatic carbocycles. The Morgan fingerprint density at radius 1 is 1.00 bits per heavy atom. The van der Waals surface area contributed by atoms with E-state index < -0.39 is 5.91 Å². The molecule has 0 unspecified atom stereocenters. The monoisotopic (exact) mass is 384 g/mol. The van der Waals surface area contributed by atoms with Crippen molar-refractivity contribution < 1.29 is 14.3 Å². The minimum absolute atomic E-state index is 0.171. The van der Waals surface area contributed by atoms with E-state index in [-0.39, 0.29) is 5.69 Å². The summed E-state index contributed by atoms with van der Waals surface area (Å²) in [7, 11) is 3.07. The number of hydrogen-bond acceptors (Lipinski definition) is 6. The van der Waals surface area contributed by atoms with Crippen LogP contribution in [0.5, 0.6) is 11.5 Å². The first-order valence-electron chi connectivity index (χ1n) is 7.99. The van der Waals surface area contributed by atoms with Crippen LogP contribution in [0, 0.1) is 0 Å². The minimum Gasteiger partial charge on any atom is -0.497 e. The third-order valence-corrected chi connectivity index (χ3v) is 3.89. The molecule has 3 rings (SSSR count). The predicted molar refractivity (Wildman–Crippen MR) is 104 cm³/mol. The van der Waals surface area contributed by atoms with Crippen molar-refractivity contribution in [3.63, 3.8) is 0 Å². The number of rotatable bonds is 6. The highest BCUT2D eigenvalue weighted by molar-refractivity contribution is 6.30. The van der Waals surface area contributed by atoms with Gasteiger partial charge in [-0.25, -0.2) is 0 Å². The molecule has 0 aliphatic rings. The zero-order valence-corrected chi connectivity index (χ0v) is 15.4. The molecule has 1 heterocycles. The first kappa shape index (κ1) is 18.5. The zero-order chi connectivity index (χ0) is 19.2. The van der Waals surface area contributed by atoms with Gasteiger partial charge in [-0.05, 0) is 42.5 Å². The number of benzene rings is 2. The number of amides is 1. The fourth-order valence-corrected chi connectivity index (χ4v) is 2.51. The maximum absolute atomic E-state index is 12.4. The number of carbonyl (C=O) groups is 1. The van der Waals surface area contributed by atoms with Crippen LogP contribution in [0.3, 0.4) is 0 Å². The second-order valence-corrected chi connectivity index (χ2v) is 5.90. The van der Waals surface area contributed by atoms with Gasteiger partial charge in [-0.1, -0.05) is 17.7 Å². The summed E-state index contributed by atoms with van der Waals surface area (Å²) in [5.41, 5.74) is 1.45. The normalized spacial score (nSPS) is 10.2. The lowest BCUT2D eigenvalue weighted by atomic mass is 10.2. The highest BCUT2D eigenvalue weighted by Crippen LogP contribution is 2.29. The molecule has 8 heteroatoms. The largest absolute Gasteiger partial charge is 0.497 e. The molecule has 0 saturated carbocycles. The van der Waals surface area contributed by atoms with Crippen LogP contribution in [0.4, 0.5) is 17.2 Å². The number of halogens is 1. The van der Waals surface area contributed by atoms with Gasteiger partial charge < -0.3 is 20.1 Å². The van der Waals surface area contributed by atoms with Crippen molar-refractivity contribution in [1.82, 2.24) is 10.2 Å². The Bertz CT molecular complexity index is 948. The molecule has 1 aromatic heterocycles. The zero-order valence-electron chi connectivity index (χ0n) is 14.7. The summed E-state index contributed by atoms with van der Waals surface area (Å²) in [5, 5.41) is 14.4. The van der Waals surface area contributed by atoms with Gasteiger partial charge in [0.1, 0.15) is 11.5 Å². The lowest BCUT2D eigenvalue weighted by molar-refractivity contribution is 0.102. The third-order valence-electron chi connectivity index (χ3n) is 3.65. The van der Waals surface area contributed by atoms with E-state index in [1.807, 2.05) is 12.1 Å². The van der Waals surface area contributed by atoms with Gasteiger partial charge in [-0.15, -0.1) is 10.2 Å². The fourth-order valence-electron chi connectivity index (χ4n) is 2.32. The summed E-state index contributed by atoms with van der Waals surface area (Å²) < 4.78 is 10.4. The Balaban J connectivity index is 1.71. The summed E-state index contributed by atoms with van der Waals surface area (Å²) >= 11 is 5.95. The number of hydrogen-bond donors (Lipinski definition) is 2. The molecule has 0 radical (unpaired) electrons. The number of nitrogens with one attached hydrogen (secondary N) is 2. The van der Waals surface area contributed by atoms with E-state index in [1.54, 1.807) is 49.6 Å². The lowest BCUT2D eigenvalue weighted by Crippen LogP contribution is -2.15. The van der Waals surface area contributed by atoms with Crippen molar-refractivity contribution in [2.45, 2.75) is 0 Å². The van der Waals surface area contributed by atoms with Gasteiger partial charge in [0.25, 0.3) is 5.91 Å². The molecule has 2 N–H and O–H groups in total. The summed E-state index contributed by atoms with van der Waals surface area (Å²) in [6.45, 7) is 0. The molecular weight excluding hydrogens is 368 g/mol. The van der Waals surface area contributed by atoms with Crippen LogP contribution in [0.25, 0.3) is 0 Å². The van der Waals surface area contributed by atoms with Crippen molar-refractivity contribution in [2.24, 2.45) is 0 Å². The SMILES string of the molecule is COc1ccc(NC(=O)c2ccc(Nc3cccc(Cl)c3)nn2)c(OC)c1. The molecular formula is C19H17ClN4O3. The van der Waals surface area contributed by atoms with E-state index in [1.165, 1.54) is 7.11 Å². The van der Waals surface area contributed by atoms with Crippen LogP contribution in [-0.4, -0.2) is 30.3 Å². The van der Waals surface area contributed by atoms with Crippen molar-refractivity contribution >= 4 is 34.7 Å². The van der Waals surface area contributed by atoms with Gasteiger partial charge in [-0.3, -0.25) is 4.79 Å². The number of nitrogens with zero attached hydrogens (tertiary/aromatic N) is 2. The topological polar surface area (TPSA) is 85.4 Å². The lowest BCUT2D eigenvalue weighted by Gasteiger charge is -2.11. The number of anilines is 3. The summed E-state index contributed by atoms with van der Waals surface area (Å²) in [6, 6.07) is 15.5. The van der Waals surface area contributed by atoms with E-state index in [9.17, 15) is 4.79 Å². The van der Waals surface area contributed by atoms with Crippen molar-refractivity contribution in [3.8, 4) is 11.5 Å². The van der Waals surface area contributed by atoms with Gasteiger partial charge in [0, 0.05) is 16.8 Å². The highest BCUT2D eigenvalue weighted by atomic mass is 35.5. The van der Waals surface area contributed by atoms with Crippen LogP contribution in [0.15, 0.2) is 54.6 Å². The molecule has 3 aromatic rings. The number of carbonyl (C=O) groups excluding carboxylic acids is 1. The second kappa shape index (κ2) is 8.37. The number of aromatic nitrogens is 2. The molecule has 0 spiro atoms. The van der Waals surface area contributed by atoms with Crippen LogP contribution in [0.2, 0.25) is 5.02 Å². The maximum atomic E-state index is 12.4. The van der Waals surface area contributed by atoms with Gasteiger partial charge >= 0.3 is 0 Å². The second-order valence-electron chi connectivity index (χ2n) is 5.46. The van der Waals surface area contributed by atoms with Crippen LogP contribution in [0.1, 0.15) is 10.5 Å². The van der Waals surface area contributed by atoms with Crippen LogP contribution >= 0.6 is 11.6 Å². The summed E-state index contributed by atoms with van der Waals surface area (Å²) in [6.07, 6.45) is 0. The van der Waals surface area contributed by atoms with Crippen molar-refractivity contribution in [1.29, 1.82) is 0 Å². The van der Waals surface area contributed by atoms with E-state index in [0.29, 0.717) is 28.0 Å². The molecule has 7 nitrogen and oxygen atoms in total. The maximum Gasteiger partial charge on any atom is 0.276 e. The standard InChI is InChI=1S/C19H17ClN4O3/c1-26-14-6-7-15(17(11-14)27-2)22-19(25)16-8-9-18(24-23-16)21-13-5-3-4-12(20)10-13/h3-11H,1-2H3,(H,21,24)(H,22,25). The van der Waals surface area contributed by atoms with Gasteiger partial charge in [0.2, 0.25) is 0 Å². The first-order valence-corrected chi connectivity index (χ1v) is 8.36. The first-order chi connectivity index (χ1) is 13.1. The smallest absolute Gasteiger partial charge is 0.276 e. The fraction of sp³-hybridized carbons (Fsp3) is 0.105. The Labute approximate surface area is 161 Å². The molecule has 0 saturated heterocycles. The van der Waals surface area contributed by atoms with E-state index in [2.05, 4.69) is 20.8 Å². The predicted octanol–water partition coefficient (Wildman–Crippen LogP) is 4.14. The quantitative estimate of drug-likeness (QED) is 0.664. The molecule has 0 aliphatic carbocycles. The molecule has 1 amide bonds. The van der Waals surface area contributed by atoms with Gasteiger partial charge in [0.05, 0.1) is 19.9 Å². The Hall–Kier alpha value is -3.32. The van der Waals surface area contributed by atoms with Gasteiger partial charge in [-0.2, -0.15) is 0 Å². The Kier molecular flexibility index (Phi) is 5.73. The third kappa shape index (κ3) is 4.65. The summed E-state index contributed by atoms with van der Waals surface area (Å²) in [4.78, 5) is 12.4.